The van der Waals surface area contributed by atoms with Crippen molar-refractivity contribution in [2.75, 3.05) is 13.1 Å². The van der Waals surface area contributed by atoms with E-state index in [2.05, 4.69) is 0 Å². The summed E-state index contributed by atoms with van der Waals surface area (Å²) in [5, 5.41) is 9.00. The molecule has 1 aromatic carbocycles. The highest BCUT2D eigenvalue weighted by molar-refractivity contribution is 6.24. The van der Waals surface area contributed by atoms with Crippen molar-refractivity contribution in [2.45, 2.75) is 12.8 Å². The lowest BCUT2D eigenvalue weighted by Crippen LogP contribution is -2.39. The maximum atomic E-state index is 12.5. The van der Waals surface area contributed by atoms with Gasteiger partial charge in [0.1, 0.15) is 0 Å². The summed E-state index contributed by atoms with van der Waals surface area (Å²) in [6.45, 7) is 0.980. The van der Waals surface area contributed by atoms with Gasteiger partial charge in [0.2, 0.25) is 5.78 Å². The van der Waals surface area contributed by atoms with E-state index in [1.165, 1.54) is 6.08 Å². The van der Waals surface area contributed by atoms with E-state index in [-0.39, 0.29) is 17.5 Å². The van der Waals surface area contributed by atoms with Gasteiger partial charge in [-0.1, -0.05) is 24.3 Å². The van der Waals surface area contributed by atoms with E-state index in [4.69, 9.17) is 5.11 Å². The maximum Gasteiger partial charge on any atom is 0.306 e. The molecule has 1 aliphatic carbocycles. The summed E-state index contributed by atoms with van der Waals surface area (Å²) in [5.41, 5.74) is 1.26. The summed E-state index contributed by atoms with van der Waals surface area (Å²) in [6, 6.07) is 6.79. The lowest BCUT2D eigenvalue weighted by atomic mass is 9.90. The number of rotatable bonds is 2. The second-order valence-electron chi connectivity index (χ2n) is 5.37. The van der Waals surface area contributed by atoms with Crippen LogP contribution in [0, 0.1) is 5.92 Å². The van der Waals surface area contributed by atoms with Crippen molar-refractivity contribution >= 4 is 17.5 Å². The number of likely N-dealkylation sites (tertiary alicyclic amines) is 1. The molecule has 1 aromatic rings. The molecule has 0 amide bonds. The third kappa shape index (κ3) is 2.35. The molecule has 108 valence electrons. The van der Waals surface area contributed by atoms with Crippen molar-refractivity contribution in [3.63, 3.8) is 0 Å². The lowest BCUT2D eigenvalue weighted by molar-refractivity contribution is -0.143. The highest BCUT2D eigenvalue weighted by atomic mass is 16.4. The number of fused-ring (bicyclic) bond motifs is 1. The molecule has 3 rings (SSSR count). The first kappa shape index (κ1) is 13.5. The minimum Gasteiger partial charge on any atom is -0.481 e. The molecular weight excluding hydrogens is 270 g/mol. The summed E-state index contributed by atoms with van der Waals surface area (Å²) >= 11 is 0. The number of benzene rings is 1. The number of piperidine rings is 1. The lowest BCUT2D eigenvalue weighted by Gasteiger charge is -2.34. The van der Waals surface area contributed by atoms with E-state index in [9.17, 15) is 14.4 Å². The van der Waals surface area contributed by atoms with Crippen LogP contribution >= 0.6 is 0 Å². The minimum absolute atomic E-state index is 0.154. The normalized spacial score (nSPS) is 19.2. The largest absolute Gasteiger partial charge is 0.481 e. The van der Waals surface area contributed by atoms with Crippen molar-refractivity contribution in [1.29, 1.82) is 0 Å². The van der Waals surface area contributed by atoms with Gasteiger partial charge in [0.05, 0.1) is 11.6 Å². The SMILES string of the molecule is O=C1C=C(N2CCC(C(=O)O)CC2)C(=O)c2ccccc21. The Morgan fingerprint density at radius 1 is 1.10 bits per heavy atom. The predicted molar refractivity (Wildman–Crippen MR) is 75.1 cm³/mol. The van der Waals surface area contributed by atoms with Gasteiger partial charge < -0.3 is 10.0 Å². The number of carbonyl (C=O) groups is 3. The van der Waals surface area contributed by atoms with Crippen LogP contribution in [0.5, 0.6) is 0 Å². The van der Waals surface area contributed by atoms with Gasteiger partial charge in [-0.2, -0.15) is 0 Å². The zero-order valence-corrected chi connectivity index (χ0v) is 11.4. The number of hydrogen-bond donors (Lipinski definition) is 1. The highest BCUT2D eigenvalue weighted by Crippen LogP contribution is 2.27. The van der Waals surface area contributed by atoms with E-state index in [1.54, 1.807) is 24.3 Å². The Hall–Kier alpha value is -2.43. The predicted octanol–water partition coefficient (Wildman–Crippen LogP) is 1.75. The van der Waals surface area contributed by atoms with E-state index < -0.39 is 5.97 Å². The Bertz CT molecular complexity index is 654. The molecule has 1 heterocycles. The van der Waals surface area contributed by atoms with Crippen LogP contribution in [0.3, 0.4) is 0 Å². The van der Waals surface area contributed by atoms with Crippen LogP contribution in [0.25, 0.3) is 0 Å². The molecule has 0 spiro atoms. The van der Waals surface area contributed by atoms with E-state index >= 15 is 0 Å². The Morgan fingerprint density at radius 2 is 1.71 bits per heavy atom. The standard InChI is InChI=1S/C16H15NO4/c18-14-9-13(15(19)12-4-2-1-3-11(12)14)17-7-5-10(6-8-17)16(20)21/h1-4,9-10H,5-8H2,(H,20,21). The molecule has 21 heavy (non-hydrogen) atoms. The highest BCUT2D eigenvalue weighted by Gasteiger charge is 2.32. The Labute approximate surface area is 121 Å². The molecule has 1 saturated heterocycles. The van der Waals surface area contributed by atoms with E-state index in [1.807, 2.05) is 4.90 Å². The second-order valence-corrected chi connectivity index (χ2v) is 5.37. The van der Waals surface area contributed by atoms with Gasteiger partial charge in [-0.15, -0.1) is 0 Å². The average Bonchev–Trinajstić information content (AvgIpc) is 2.51. The second kappa shape index (κ2) is 5.16. The molecule has 0 radical (unpaired) electrons. The fourth-order valence-electron chi connectivity index (χ4n) is 2.90. The van der Waals surface area contributed by atoms with Crippen LogP contribution in [0.1, 0.15) is 33.6 Å². The molecule has 5 nitrogen and oxygen atoms in total. The van der Waals surface area contributed by atoms with Crippen molar-refractivity contribution in [3.8, 4) is 0 Å². The summed E-state index contributed by atoms with van der Waals surface area (Å²) < 4.78 is 0. The maximum absolute atomic E-state index is 12.5. The number of hydrogen-bond acceptors (Lipinski definition) is 4. The molecule has 0 aromatic heterocycles. The number of Topliss-reactive ketones (excluding diaryl/α,β-unsaturated/α-hetero) is 1. The zero-order chi connectivity index (χ0) is 15.0. The van der Waals surface area contributed by atoms with Crippen LogP contribution in [0.2, 0.25) is 0 Å². The topological polar surface area (TPSA) is 74.7 Å². The van der Waals surface area contributed by atoms with Crippen molar-refractivity contribution in [1.82, 2.24) is 4.90 Å². The first-order valence-electron chi connectivity index (χ1n) is 6.95. The summed E-state index contributed by atoms with van der Waals surface area (Å²) in [6.07, 6.45) is 2.37. The Balaban J connectivity index is 1.83. The van der Waals surface area contributed by atoms with Crippen molar-refractivity contribution < 1.29 is 19.5 Å². The minimum atomic E-state index is -0.792. The van der Waals surface area contributed by atoms with Gasteiger partial charge >= 0.3 is 5.97 Å². The number of carboxylic acids is 1. The van der Waals surface area contributed by atoms with Crippen LogP contribution in [0.4, 0.5) is 0 Å². The molecule has 1 aliphatic heterocycles. The summed E-state index contributed by atoms with van der Waals surface area (Å²) in [7, 11) is 0. The molecule has 0 unspecified atom stereocenters. The number of aliphatic carboxylic acids is 1. The number of carboxylic acid groups (broad SMARTS) is 1. The van der Waals surface area contributed by atoms with Gasteiger partial charge in [-0.05, 0) is 12.8 Å². The summed E-state index contributed by atoms with van der Waals surface area (Å²) in [5.74, 6) is -1.47. The molecular formula is C16H15NO4. The van der Waals surface area contributed by atoms with Crippen LogP contribution < -0.4 is 0 Å². The number of allylic oxidation sites excluding steroid dienone is 2. The van der Waals surface area contributed by atoms with Gasteiger partial charge in [0, 0.05) is 30.3 Å². The molecule has 0 atom stereocenters. The molecule has 5 heteroatoms. The van der Waals surface area contributed by atoms with Crippen LogP contribution in [0.15, 0.2) is 36.0 Å². The van der Waals surface area contributed by atoms with Crippen LogP contribution in [-0.2, 0) is 4.79 Å². The smallest absolute Gasteiger partial charge is 0.306 e. The van der Waals surface area contributed by atoms with Crippen molar-refractivity contribution in [2.24, 2.45) is 5.92 Å². The van der Waals surface area contributed by atoms with Gasteiger partial charge in [-0.3, -0.25) is 14.4 Å². The fourth-order valence-corrected chi connectivity index (χ4v) is 2.90. The Kier molecular flexibility index (Phi) is 3.33. The first-order valence-corrected chi connectivity index (χ1v) is 6.95. The zero-order valence-electron chi connectivity index (χ0n) is 11.4. The fraction of sp³-hybridized carbons (Fsp3) is 0.312. The third-order valence-corrected chi connectivity index (χ3v) is 4.12. The number of nitrogens with zero attached hydrogens (tertiary/aromatic N) is 1. The molecule has 2 aliphatic rings. The molecule has 0 saturated carbocycles. The molecule has 0 bridgehead atoms. The van der Waals surface area contributed by atoms with Crippen molar-refractivity contribution in [3.05, 3.63) is 47.2 Å². The first-order chi connectivity index (χ1) is 10.1. The monoisotopic (exact) mass is 285 g/mol. The third-order valence-electron chi connectivity index (χ3n) is 4.12. The van der Waals surface area contributed by atoms with Gasteiger partial charge in [0.15, 0.2) is 5.78 Å². The number of ketones is 2. The summed E-state index contributed by atoms with van der Waals surface area (Å²) in [4.78, 5) is 37.4. The van der Waals surface area contributed by atoms with Gasteiger partial charge in [0.25, 0.3) is 0 Å². The molecule has 1 fully saturated rings. The average molecular weight is 285 g/mol. The quantitative estimate of drug-likeness (QED) is 0.896. The van der Waals surface area contributed by atoms with E-state index in [0.717, 1.165) is 0 Å². The molecule has 1 N–H and O–H groups in total. The van der Waals surface area contributed by atoms with Gasteiger partial charge in [-0.25, -0.2) is 0 Å². The van der Waals surface area contributed by atoms with E-state index in [0.29, 0.717) is 42.8 Å². The van der Waals surface area contributed by atoms with Crippen LogP contribution in [-0.4, -0.2) is 40.6 Å². The Morgan fingerprint density at radius 3 is 2.33 bits per heavy atom. The number of carbonyl (C=O) groups excluding carboxylic acids is 2.